The van der Waals surface area contributed by atoms with Crippen molar-refractivity contribution in [1.29, 1.82) is 5.26 Å². The molecule has 0 spiro atoms. The lowest BCUT2D eigenvalue weighted by Crippen LogP contribution is -2.04. The number of nitrogen functional groups attached to an aromatic ring is 1. The van der Waals surface area contributed by atoms with E-state index < -0.39 is 0 Å². The van der Waals surface area contributed by atoms with Crippen LogP contribution in [-0.4, -0.2) is 12.1 Å². The molecule has 0 aliphatic rings. The Bertz CT molecular complexity index is 1000. The number of aromatic nitrogens is 1. The maximum absolute atomic E-state index is 9.62. The van der Waals surface area contributed by atoms with Gasteiger partial charge in [0, 0.05) is 26.7 Å². The smallest absolute Gasteiger partial charge is 0.142 e. The number of nitriles is 1. The summed E-state index contributed by atoms with van der Waals surface area (Å²) in [6, 6.07) is 14.8. The van der Waals surface area contributed by atoms with Gasteiger partial charge in [0.2, 0.25) is 0 Å². The van der Waals surface area contributed by atoms with Gasteiger partial charge in [-0.1, -0.05) is 29.3 Å². The van der Waals surface area contributed by atoms with Crippen LogP contribution in [-0.2, 0) is 0 Å². The van der Waals surface area contributed by atoms with Crippen molar-refractivity contribution in [2.45, 2.75) is 6.92 Å². The molecule has 0 fully saturated rings. The third-order valence-corrected chi connectivity index (χ3v) is 4.79. The number of nitrogens with two attached hydrogens (primary N) is 1. The fourth-order valence-corrected chi connectivity index (χ4v) is 3.47. The number of rotatable bonds is 3. The fraction of sp³-hybridized carbons (Fsp3) is 0.100. The molecule has 2 aromatic carbocycles. The van der Waals surface area contributed by atoms with Crippen molar-refractivity contribution in [2.75, 3.05) is 12.8 Å². The van der Waals surface area contributed by atoms with Crippen molar-refractivity contribution in [3.8, 4) is 34.2 Å². The Morgan fingerprint density at radius 3 is 2.19 bits per heavy atom. The molecule has 0 amide bonds. The van der Waals surface area contributed by atoms with Gasteiger partial charge in [0.25, 0.3) is 0 Å². The van der Waals surface area contributed by atoms with Gasteiger partial charge < -0.3 is 10.5 Å². The molecule has 1 heterocycles. The number of nitrogens with zero attached hydrogens (tertiary/aromatic N) is 2. The molecule has 3 rings (SSSR count). The summed E-state index contributed by atoms with van der Waals surface area (Å²) in [5, 5.41) is 10.5. The van der Waals surface area contributed by atoms with Gasteiger partial charge in [-0.2, -0.15) is 5.26 Å². The summed E-state index contributed by atoms with van der Waals surface area (Å²) >= 11 is 12.8. The Kier molecular flexibility index (Phi) is 5.03. The van der Waals surface area contributed by atoms with E-state index in [0.717, 1.165) is 16.9 Å². The van der Waals surface area contributed by atoms with E-state index in [1.807, 2.05) is 31.2 Å². The van der Waals surface area contributed by atoms with Gasteiger partial charge in [-0.15, -0.1) is 0 Å². The van der Waals surface area contributed by atoms with E-state index in [0.29, 0.717) is 26.9 Å². The summed E-state index contributed by atoms with van der Waals surface area (Å²) in [6.45, 7) is 1.88. The number of pyridine rings is 1. The normalized spacial score (nSPS) is 10.4. The van der Waals surface area contributed by atoms with Gasteiger partial charge in [-0.05, 0) is 48.9 Å². The van der Waals surface area contributed by atoms with Crippen LogP contribution in [0.3, 0.4) is 0 Å². The second-order valence-electron chi connectivity index (χ2n) is 5.66. The van der Waals surface area contributed by atoms with E-state index in [1.165, 1.54) is 0 Å². The second kappa shape index (κ2) is 7.25. The minimum absolute atomic E-state index is 0.134. The Labute approximate surface area is 161 Å². The SMILES string of the molecule is COc1ccc(-c2nc(N)c(C#N)c(-c3c(Cl)cccc3Cl)c2C)cc1. The van der Waals surface area contributed by atoms with Crippen molar-refractivity contribution in [2.24, 2.45) is 0 Å². The lowest BCUT2D eigenvalue weighted by atomic mass is 9.92. The number of hydrogen-bond donors (Lipinski definition) is 1. The molecule has 1 aromatic heterocycles. The van der Waals surface area contributed by atoms with Crippen LogP contribution >= 0.6 is 23.2 Å². The summed E-state index contributed by atoms with van der Waals surface area (Å²) in [5.74, 6) is 0.872. The first-order chi connectivity index (χ1) is 12.5. The average Bonchev–Trinajstić information content (AvgIpc) is 2.64. The zero-order valence-corrected chi connectivity index (χ0v) is 15.7. The maximum atomic E-state index is 9.62. The predicted octanol–water partition coefficient (Wildman–Crippen LogP) is 5.49. The molecule has 4 nitrogen and oxygen atoms in total. The molecular weight excluding hydrogens is 369 g/mol. The largest absolute Gasteiger partial charge is 0.497 e. The summed E-state index contributed by atoms with van der Waals surface area (Å²) in [7, 11) is 1.61. The van der Waals surface area contributed by atoms with Gasteiger partial charge in [0.1, 0.15) is 23.2 Å². The van der Waals surface area contributed by atoms with Crippen LogP contribution in [0.5, 0.6) is 5.75 Å². The van der Waals surface area contributed by atoms with Crippen LogP contribution < -0.4 is 10.5 Å². The molecule has 130 valence electrons. The van der Waals surface area contributed by atoms with Crippen molar-refractivity contribution >= 4 is 29.0 Å². The highest BCUT2D eigenvalue weighted by Crippen LogP contribution is 2.42. The first kappa shape index (κ1) is 18.1. The predicted molar refractivity (Wildman–Crippen MR) is 106 cm³/mol. The van der Waals surface area contributed by atoms with Crippen molar-refractivity contribution in [1.82, 2.24) is 4.98 Å². The summed E-state index contributed by atoms with van der Waals surface area (Å²) < 4.78 is 5.20. The number of halogens is 2. The third kappa shape index (κ3) is 3.08. The van der Waals surface area contributed by atoms with E-state index in [-0.39, 0.29) is 11.4 Å². The third-order valence-electron chi connectivity index (χ3n) is 4.16. The Balaban J connectivity index is 2.34. The molecule has 0 radical (unpaired) electrons. The van der Waals surface area contributed by atoms with Crippen LogP contribution in [0.15, 0.2) is 42.5 Å². The molecule has 0 aliphatic carbocycles. The van der Waals surface area contributed by atoms with Gasteiger partial charge in [0.15, 0.2) is 0 Å². The highest BCUT2D eigenvalue weighted by Gasteiger charge is 2.21. The molecule has 0 bridgehead atoms. The topological polar surface area (TPSA) is 71.9 Å². The Hall–Kier alpha value is -2.74. The molecule has 0 saturated carbocycles. The monoisotopic (exact) mass is 383 g/mol. The van der Waals surface area contributed by atoms with Gasteiger partial charge in [-0.3, -0.25) is 0 Å². The number of ether oxygens (including phenoxy) is 1. The molecule has 0 unspecified atom stereocenters. The van der Waals surface area contributed by atoms with Crippen LogP contribution in [0, 0.1) is 18.3 Å². The summed E-state index contributed by atoms with van der Waals surface area (Å²) in [6.07, 6.45) is 0. The minimum Gasteiger partial charge on any atom is -0.497 e. The standard InChI is InChI=1S/C20H15Cl2N3O/c1-11-17(18-15(21)4-3-5-16(18)22)14(10-23)20(24)25-19(11)12-6-8-13(26-2)9-7-12/h3-9H,1-2H3,(H2,24,25). The number of anilines is 1. The first-order valence-electron chi connectivity index (χ1n) is 7.77. The molecule has 26 heavy (non-hydrogen) atoms. The van der Waals surface area contributed by atoms with Crippen molar-refractivity contribution in [3.63, 3.8) is 0 Å². The summed E-state index contributed by atoms with van der Waals surface area (Å²) in [5.41, 5.74) is 9.81. The molecular formula is C20H15Cl2N3O. The molecule has 0 saturated heterocycles. The first-order valence-corrected chi connectivity index (χ1v) is 8.52. The lowest BCUT2D eigenvalue weighted by Gasteiger charge is -2.17. The molecule has 2 N–H and O–H groups in total. The highest BCUT2D eigenvalue weighted by atomic mass is 35.5. The van der Waals surface area contributed by atoms with Crippen LogP contribution in [0.2, 0.25) is 10.0 Å². The maximum Gasteiger partial charge on any atom is 0.142 e. The minimum atomic E-state index is 0.134. The van der Waals surface area contributed by atoms with E-state index in [4.69, 9.17) is 33.7 Å². The molecule has 0 aliphatic heterocycles. The number of benzene rings is 2. The fourth-order valence-electron chi connectivity index (χ4n) is 2.89. The Morgan fingerprint density at radius 1 is 1.04 bits per heavy atom. The zero-order chi connectivity index (χ0) is 18.8. The highest BCUT2D eigenvalue weighted by molar-refractivity contribution is 6.39. The van der Waals surface area contributed by atoms with E-state index >= 15 is 0 Å². The van der Waals surface area contributed by atoms with E-state index in [1.54, 1.807) is 25.3 Å². The van der Waals surface area contributed by atoms with E-state index in [9.17, 15) is 5.26 Å². The average molecular weight is 384 g/mol. The van der Waals surface area contributed by atoms with Gasteiger partial charge in [0.05, 0.1) is 12.8 Å². The second-order valence-corrected chi connectivity index (χ2v) is 6.47. The van der Waals surface area contributed by atoms with Gasteiger partial charge in [-0.25, -0.2) is 4.98 Å². The van der Waals surface area contributed by atoms with E-state index in [2.05, 4.69) is 11.1 Å². The van der Waals surface area contributed by atoms with Crippen LogP contribution in [0.25, 0.3) is 22.4 Å². The van der Waals surface area contributed by atoms with Crippen molar-refractivity contribution < 1.29 is 4.74 Å². The van der Waals surface area contributed by atoms with Crippen LogP contribution in [0.1, 0.15) is 11.1 Å². The summed E-state index contributed by atoms with van der Waals surface area (Å²) in [4.78, 5) is 4.44. The molecule has 0 atom stereocenters. The number of hydrogen-bond acceptors (Lipinski definition) is 4. The Morgan fingerprint density at radius 2 is 1.65 bits per heavy atom. The van der Waals surface area contributed by atoms with Crippen LogP contribution in [0.4, 0.5) is 5.82 Å². The van der Waals surface area contributed by atoms with Crippen molar-refractivity contribution in [3.05, 3.63) is 63.6 Å². The molecule has 6 heteroatoms. The lowest BCUT2D eigenvalue weighted by molar-refractivity contribution is 0.415. The quantitative estimate of drug-likeness (QED) is 0.648. The van der Waals surface area contributed by atoms with Gasteiger partial charge >= 0.3 is 0 Å². The zero-order valence-electron chi connectivity index (χ0n) is 14.2. The molecule has 3 aromatic rings. The number of methoxy groups -OCH3 is 1.